The zero-order chi connectivity index (χ0) is 26.7. The lowest BCUT2D eigenvalue weighted by atomic mass is 10.1. The van der Waals surface area contributed by atoms with Crippen LogP contribution in [0.25, 0.3) is 11.0 Å². The summed E-state index contributed by atoms with van der Waals surface area (Å²) in [4.78, 5) is 50.1. The average Bonchev–Trinajstić information content (AvgIpc) is 3.39. The summed E-state index contributed by atoms with van der Waals surface area (Å²) in [6, 6.07) is 24.2. The number of benzene rings is 3. The van der Waals surface area contributed by atoms with Gasteiger partial charge < -0.3 is 20.7 Å². The van der Waals surface area contributed by atoms with Crippen LogP contribution in [-0.4, -0.2) is 57.9 Å². The molecule has 1 heterocycles. The van der Waals surface area contributed by atoms with Crippen LogP contribution in [0.1, 0.15) is 15.9 Å². The number of alkyl carbamates (subject to hydrolysis) is 1. The highest BCUT2D eigenvalue weighted by atomic mass is 16.5. The van der Waals surface area contributed by atoms with Crippen LogP contribution in [0.15, 0.2) is 84.9 Å². The maximum absolute atomic E-state index is 12.9. The SMILES string of the molecule is O=C(CNC(=O)[C@H](Cc1ccccc1)NC(=O)OCc1ccccc1)NCC(=O)n1nnc2ccccc21. The van der Waals surface area contributed by atoms with Crippen LogP contribution < -0.4 is 16.0 Å². The second-order valence-corrected chi connectivity index (χ2v) is 8.33. The summed E-state index contributed by atoms with van der Waals surface area (Å²) in [5.74, 6) is -1.64. The van der Waals surface area contributed by atoms with Crippen molar-refractivity contribution in [2.45, 2.75) is 19.1 Å². The first-order chi connectivity index (χ1) is 18.5. The van der Waals surface area contributed by atoms with Gasteiger partial charge in [0.05, 0.1) is 18.6 Å². The van der Waals surface area contributed by atoms with Crippen LogP contribution in [-0.2, 0) is 27.4 Å². The maximum Gasteiger partial charge on any atom is 0.408 e. The Bertz CT molecular complexity index is 1410. The summed E-state index contributed by atoms with van der Waals surface area (Å²) in [6.45, 7) is -0.681. The van der Waals surface area contributed by atoms with Crippen LogP contribution in [0.5, 0.6) is 0 Å². The van der Waals surface area contributed by atoms with Gasteiger partial charge in [-0.15, -0.1) is 5.10 Å². The molecule has 0 aliphatic rings. The summed E-state index contributed by atoms with van der Waals surface area (Å²) >= 11 is 0. The third-order valence-electron chi connectivity index (χ3n) is 5.55. The van der Waals surface area contributed by atoms with Gasteiger partial charge in [-0.3, -0.25) is 14.4 Å². The van der Waals surface area contributed by atoms with Gasteiger partial charge in [0.25, 0.3) is 5.91 Å². The third kappa shape index (κ3) is 7.23. The Kier molecular flexibility index (Phi) is 8.74. The van der Waals surface area contributed by atoms with E-state index in [-0.39, 0.29) is 19.6 Å². The van der Waals surface area contributed by atoms with Gasteiger partial charge >= 0.3 is 6.09 Å². The lowest BCUT2D eigenvalue weighted by Gasteiger charge is -2.18. The Hall–Kier alpha value is -5.06. The minimum atomic E-state index is -0.989. The molecular weight excluding hydrogens is 488 g/mol. The standard InChI is InChI=1S/C27H26N6O5/c34-24(28-17-25(35)33-23-14-8-7-13-21(23)31-32-33)16-29-26(36)22(15-19-9-3-1-4-10-19)30-27(37)38-18-20-11-5-2-6-12-20/h1-14,22H,15-18H2,(H,28,34)(H,29,36)(H,30,37)/t22-/m0/s1. The number of fused-ring (bicyclic) bond motifs is 1. The van der Waals surface area contributed by atoms with Gasteiger partial charge in [0.15, 0.2) is 0 Å². The van der Waals surface area contributed by atoms with Gasteiger partial charge in [0, 0.05) is 6.42 Å². The topological polar surface area (TPSA) is 144 Å². The Morgan fingerprint density at radius 3 is 2.18 bits per heavy atom. The van der Waals surface area contributed by atoms with E-state index in [0.29, 0.717) is 11.0 Å². The second-order valence-electron chi connectivity index (χ2n) is 8.33. The van der Waals surface area contributed by atoms with Gasteiger partial charge in [-0.1, -0.05) is 78.0 Å². The van der Waals surface area contributed by atoms with Gasteiger partial charge in [0.1, 0.15) is 18.2 Å². The molecule has 4 aromatic rings. The van der Waals surface area contributed by atoms with Gasteiger partial charge in [0.2, 0.25) is 11.8 Å². The van der Waals surface area contributed by atoms with Crippen LogP contribution in [0.3, 0.4) is 0 Å². The number of hydrogen-bond acceptors (Lipinski definition) is 7. The summed E-state index contributed by atoms with van der Waals surface area (Å²) in [7, 11) is 0. The average molecular weight is 515 g/mol. The van der Waals surface area contributed by atoms with E-state index in [4.69, 9.17) is 4.74 Å². The largest absolute Gasteiger partial charge is 0.445 e. The first-order valence-electron chi connectivity index (χ1n) is 11.9. The van der Waals surface area contributed by atoms with Gasteiger partial charge in [-0.05, 0) is 23.3 Å². The molecule has 0 unspecified atom stereocenters. The number of para-hydroxylation sites is 1. The van der Waals surface area contributed by atoms with Crippen molar-refractivity contribution in [3.05, 3.63) is 96.1 Å². The number of rotatable bonds is 10. The lowest BCUT2D eigenvalue weighted by Crippen LogP contribution is -2.50. The zero-order valence-corrected chi connectivity index (χ0v) is 20.4. The fraction of sp³-hybridized carbons (Fsp3) is 0.185. The molecule has 0 spiro atoms. The first-order valence-corrected chi connectivity index (χ1v) is 11.9. The summed E-state index contributed by atoms with van der Waals surface area (Å²) in [6.07, 6.45) is -0.577. The monoisotopic (exact) mass is 514 g/mol. The fourth-order valence-corrected chi connectivity index (χ4v) is 3.62. The van der Waals surface area contributed by atoms with Crippen molar-refractivity contribution in [3.63, 3.8) is 0 Å². The fourth-order valence-electron chi connectivity index (χ4n) is 3.62. The Labute approximate surface area is 218 Å². The number of hydrogen-bond donors (Lipinski definition) is 3. The van der Waals surface area contributed by atoms with E-state index in [9.17, 15) is 19.2 Å². The van der Waals surface area contributed by atoms with Crippen molar-refractivity contribution in [2.75, 3.05) is 13.1 Å². The quantitative estimate of drug-likeness (QED) is 0.293. The molecule has 0 aliphatic heterocycles. The molecule has 1 atom stereocenters. The molecule has 0 radical (unpaired) electrons. The summed E-state index contributed by atoms with van der Waals surface area (Å²) in [5, 5.41) is 15.3. The van der Waals surface area contributed by atoms with E-state index in [1.54, 1.807) is 24.3 Å². The van der Waals surface area contributed by atoms with E-state index in [1.807, 2.05) is 60.7 Å². The van der Waals surface area contributed by atoms with E-state index < -0.39 is 36.4 Å². The molecule has 0 aliphatic carbocycles. The van der Waals surface area contributed by atoms with E-state index in [0.717, 1.165) is 15.8 Å². The molecule has 4 rings (SSSR count). The lowest BCUT2D eigenvalue weighted by molar-refractivity contribution is -0.127. The normalized spacial score (nSPS) is 11.4. The molecule has 11 heteroatoms. The number of carbonyl (C=O) groups excluding carboxylic acids is 4. The van der Waals surface area contributed by atoms with E-state index in [2.05, 4.69) is 26.3 Å². The van der Waals surface area contributed by atoms with Gasteiger partial charge in [-0.25, -0.2) is 4.79 Å². The minimum absolute atomic E-state index is 0.0455. The predicted molar refractivity (Wildman–Crippen MR) is 138 cm³/mol. The molecule has 3 aromatic carbocycles. The molecule has 1 aromatic heterocycles. The van der Waals surface area contributed by atoms with Crippen molar-refractivity contribution in [2.24, 2.45) is 0 Å². The second kappa shape index (κ2) is 12.8. The van der Waals surface area contributed by atoms with Crippen LogP contribution in [0, 0.1) is 0 Å². The summed E-state index contributed by atoms with van der Waals surface area (Å²) < 4.78 is 6.35. The number of amides is 3. The number of nitrogens with one attached hydrogen (secondary N) is 3. The van der Waals surface area contributed by atoms with Crippen LogP contribution in [0.2, 0.25) is 0 Å². The van der Waals surface area contributed by atoms with E-state index >= 15 is 0 Å². The number of carbonyl (C=O) groups is 4. The van der Waals surface area contributed by atoms with Crippen molar-refractivity contribution in [1.29, 1.82) is 0 Å². The van der Waals surface area contributed by atoms with Crippen LogP contribution in [0.4, 0.5) is 4.79 Å². The Morgan fingerprint density at radius 2 is 1.45 bits per heavy atom. The highest BCUT2D eigenvalue weighted by Crippen LogP contribution is 2.09. The van der Waals surface area contributed by atoms with Crippen molar-refractivity contribution in [3.8, 4) is 0 Å². The minimum Gasteiger partial charge on any atom is -0.445 e. The van der Waals surface area contributed by atoms with E-state index in [1.165, 1.54) is 0 Å². The molecule has 0 saturated carbocycles. The molecule has 11 nitrogen and oxygen atoms in total. The number of aromatic nitrogens is 3. The molecule has 0 saturated heterocycles. The molecule has 3 amide bonds. The first kappa shape index (κ1) is 26.0. The third-order valence-corrected chi connectivity index (χ3v) is 5.55. The highest BCUT2D eigenvalue weighted by molar-refractivity contribution is 5.93. The smallest absolute Gasteiger partial charge is 0.408 e. The Morgan fingerprint density at radius 1 is 0.789 bits per heavy atom. The number of nitrogens with zero attached hydrogens (tertiary/aromatic N) is 3. The van der Waals surface area contributed by atoms with Crippen molar-refractivity contribution in [1.82, 2.24) is 30.9 Å². The molecular formula is C27H26N6O5. The highest BCUT2D eigenvalue weighted by Gasteiger charge is 2.23. The summed E-state index contributed by atoms with van der Waals surface area (Å²) in [5.41, 5.74) is 2.69. The van der Waals surface area contributed by atoms with Crippen molar-refractivity contribution < 1.29 is 23.9 Å². The Balaban J connectivity index is 1.29. The molecule has 0 bridgehead atoms. The zero-order valence-electron chi connectivity index (χ0n) is 20.4. The molecule has 3 N–H and O–H groups in total. The van der Waals surface area contributed by atoms with Crippen molar-refractivity contribution >= 4 is 34.8 Å². The number of ether oxygens (including phenoxy) is 1. The molecule has 38 heavy (non-hydrogen) atoms. The molecule has 0 fully saturated rings. The predicted octanol–water partition coefficient (Wildman–Crippen LogP) is 1.84. The maximum atomic E-state index is 12.9. The molecule has 194 valence electrons. The van der Waals surface area contributed by atoms with Crippen LogP contribution >= 0.6 is 0 Å². The van der Waals surface area contributed by atoms with Gasteiger partial charge in [-0.2, -0.15) is 4.68 Å².